The lowest BCUT2D eigenvalue weighted by Crippen LogP contribution is -2.65. The SMILES string of the molecule is COc1cc(F)c(-c2cnc(N3CCC[C@](NCc4ccccc4)([C@H](O)C(F)F)C3)c(Cn3cnc4c(N)ncnc43)n2)cc1F. The van der Waals surface area contributed by atoms with E-state index in [4.69, 9.17) is 15.5 Å². The smallest absolute Gasteiger partial charge is 0.265 e. The summed E-state index contributed by atoms with van der Waals surface area (Å²) < 4.78 is 64.6. The number of aliphatic hydroxyl groups excluding tert-OH is 1. The molecule has 4 N–H and O–H groups in total. The van der Waals surface area contributed by atoms with E-state index in [-0.39, 0.29) is 48.9 Å². The molecule has 15 heteroatoms. The number of alkyl halides is 2. The largest absolute Gasteiger partial charge is 0.494 e. The van der Waals surface area contributed by atoms with Gasteiger partial charge in [-0.15, -0.1) is 0 Å². The molecule has 11 nitrogen and oxygen atoms in total. The van der Waals surface area contributed by atoms with Crippen LogP contribution < -0.4 is 20.7 Å². The summed E-state index contributed by atoms with van der Waals surface area (Å²) in [6, 6.07) is 11.2. The van der Waals surface area contributed by atoms with Crippen molar-refractivity contribution in [3.05, 3.63) is 84.2 Å². The molecule has 0 aliphatic carbocycles. The van der Waals surface area contributed by atoms with Crippen molar-refractivity contribution in [3.63, 3.8) is 0 Å². The monoisotopic (exact) mass is 637 g/mol. The molecule has 0 radical (unpaired) electrons. The molecule has 4 heterocycles. The average Bonchev–Trinajstić information content (AvgIpc) is 3.48. The van der Waals surface area contributed by atoms with E-state index in [1.165, 1.54) is 26.0 Å². The Kier molecular flexibility index (Phi) is 8.69. The molecule has 1 fully saturated rings. The Balaban J connectivity index is 1.41. The van der Waals surface area contributed by atoms with E-state index >= 15 is 4.39 Å². The molecule has 0 saturated carbocycles. The average molecular weight is 638 g/mol. The number of hydrogen-bond acceptors (Lipinski definition) is 10. The third-order valence-electron chi connectivity index (χ3n) is 8.21. The molecule has 1 aliphatic heterocycles. The molecular weight excluding hydrogens is 606 g/mol. The zero-order valence-corrected chi connectivity index (χ0v) is 24.7. The lowest BCUT2D eigenvalue weighted by molar-refractivity contribution is -0.0658. The summed E-state index contributed by atoms with van der Waals surface area (Å²) in [5, 5.41) is 14.1. The predicted octanol–water partition coefficient (Wildman–Crippen LogP) is 3.96. The van der Waals surface area contributed by atoms with Gasteiger partial charge in [0.2, 0.25) is 0 Å². The summed E-state index contributed by atoms with van der Waals surface area (Å²) in [4.78, 5) is 23.6. The van der Waals surface area contributed by atoms with Gasteiger partial charge in [-0.25, -0.2) is 42.5 Å². The highest BCUT2D eigenvalue weighted by Gasteiger charge is 2.46. The number of fused-ring (bicyclic) bond motifs is 1. The van der Waals surface area contributed by atoms with Gasteiger partial charge in [0.15, 0.2) is 28.8 Å². The molecule has 3 aromatic heterocycles. The van der Waals surface area contributed by atoms with Crippen LogP contribution in [-0.4, -0.2) is 72.9 Å². The van der Waals surface area contributed by atoms with Crippen LogP contribution >= 0.6 is 0 Å². The zero-order chi connectivity index (χ0) is 32.4. The number of imidazole rings is 1. The first-order valence-electron chi connectivity index (χ1n) is 14.5. The number of halogens is 4. The quantitative estimate of drug-likeness (QED) is 0.193. The number of nitrogen functional groups attached to an aromatic ring is 1. The summed E-state index contributed by atoms with van der Waals surface area (Å²) >= 11 is 0. The van der Waals surface area contributed by atoms with Crippen molar-refractivity contribution in [2.24, 2.45) is 0 Å². The van der Waals surface area contributed by atoms with Crippen molar-refractivity contribution in [1.29, 1.82) is 0 Å². The standard InChI is InChI=1S/C31H31F4N9O2/c1-46-24-11-20(32)19(10-21(24)33)22-13-37-29(23(42-22)14-44-17-40-25-28(36)38-16-39-30(25)44)43-9-5-8-31(15-43,26(45)27(34)35)41-12-18-6-3-2-4-7-18/h2-4,6-7,10-11,13,16-17,26-27,41,45H,5,8-9,12,14-15H2,1H3,(H2,36,38,39)/t26-,31-/m1/s1. The second-order valence-corrected chi connectivity index (χ2v) is 11.1. The first-order chi connectivity index (χ1) is 22.2. The van der Waals surface area contributed by atoms with E-state index < -0.39 is 29.7 Å². The second kappa shape index (κ2) is 12.8. The molecular formula is C31H31F4N9O2. The molecule has 2 atom stereocenters. The van der Waals surface area contributed by atoms with Crippen molar-refractivity contribution >= 4 is 22.8 Å². The first kappa shape index (κ1) is 31.1. The highest BCUT2D eigenvalue weighted by Crippen LogP contribution is 2.34. The Hall–Kier alpha value is -4.89. The van der Waals surface area contributed by atoms with E-state index in [0.29, 0.717) is 35.6 Å². The van der Waals surface area contributed by atoms with Crippen LogP contribution in [0.5, 0.6) is 5.75 Å². The summed E-state index contributed by atoms with van der Waals surface area (Å²) in [6.45, 7) is 0.650. The van der Waals surface area contributed by atoms with Crippen LogP contribution in [0.4, 0.5) is 29.2 Å². The molecule has 0 bridgehead atoms. The summed E-state index contributed by atoms with van der Waals surface area (Å²) in [5.41, 5.74) is 6.40. The van der Waals surface area contributed by atoms with Gasteiger partial charge in [-0.1, -0.05) is 30.3 Å². The van der Waals surface area contributed by atoms with Gasteiger partial charge in [-0.3, -0.25) is 0 Å². The number of nitrogens with one attached hydrogen (secondary N) is 1. The molecule has 6 rings (SSSR count). The van der Waals surface area contributed by atoms with E-state index in [1.54, 1.807) is 9.47 Å². The van der Waals surface area contributed by atoms with Crippen LogP contribution in [0.3, 0.4) is 0 Å². The highest BCUT2D eigenvalue weighted by molar-refractivity contribution is 5.81. The van der Waals surface area contributed by atoms with Gasteiger partial charge in [0, 0.05) is 31.3 Å². The molecule has 2 aromatic carbocycles. The second-order valence-electron chi connectivity index (χ2n) is 11.1. The predicted molar refractivity (Wildman–Crippen MR) is 162 cm³/mol. The third kappa shape index (κ3) is 6.02. The van der Waals surface area contributed by atoms with Crippen LogP contribution in [0.2, 0.25) is 0 Å². The minimum atomic E-state index is -3.01. The Morgan fingerprint density at radius 1 is 1.09 bits per heavy atom. The van der Waals surface area contributed by atoms with E-state index in [0.717, 1.165) is 17.7 Å². The Bertz CT molecular complexity index is 1840. The number of nitrogens with zero attached hydrogens (tertiary/aromatic N) is 7. The summed E-state index contributed by atoms with van der Waals surface area (Å²) in [5.74, 6) is -1.34. The lowest BCUT2D eigenvalue weighted by atomic mass is 9.83. The van der Waals surface area contributed by atoms with Crippen LogP contribution in [0.25, 0.3) is 22.4 Å². The Morgan fingerprint density at radius 2 is 1.89 bits per heavy atom. The van der Waals surface area contributed by atoms with Crippen molar-refractivity contribution in [1.82, 2.24) is 34.8 Å². The highest BCUT2D eigenvalue weighted by atomic mass is 19.3. The molecule has 46 heavy (non-hydrogen) atoms. The molecule has 1 saturated heterocycles. The molecule has 240 valence electrons. The number of aliphatic hydroxyl groups is 1. The van der Waals surface area contributed by atoms with E-state index in [2.05, 4.69) is 25.3 Å². The number of piperidine rings is 1. The Labute approximate surface area is 261 Å². The lowest BCUT2D eigenvalue weighted by Gasteiger charge is -2.46. The van der Waals surface area contributed by atoms with Gasteiger partial charge >= 0.3 is 0 Å². The third-order valence-corrected chi connectivity index (χ3v) is 8.21. The molecule has 0 spiro atoms. The van der Waals surface area contributed by atoms with Gasteiger partial charge < -0.3 is 30.4 Å². The molecule has 0 amide bonds. The van der Waals surface area contributed by atoms with E-state index in [1.807, 2.05) is 30.3 Å². The minimum Gasteiger partial charge on any atom is -0.494 e. The molecule has 1 aliphatic rings. The maximum atomic E-state index is 15.1. The number of methoxy groups -OCH3 is 1. The number of ether oxygens (including phenoxy) is 1. The summed E-state index contributed by atoms with van der Waals surface area (Å²) in [6.07, 6.45) is -0.185. The minimum absolute atomic E-state index is 0.0156. The summed E-state index contributed by atoms with van der Waals surface area (Å²) in [7, 11) is 1.23. The number of nitrogens with two attached hydrogens (primary N) is 1. The van der Waals surface area contributed by atoms with Crippen molar-refractivity contribution in [2.45, 2.75) is 44.0 Å². The van der Waals surface area contributed by atoms with Crippen LogP contribution in [-0.2, 0) is 13.1 Å². The number of benzene rings is 2. The van der Waals surface area contributed by atoms with Crippen molar-refractivity contribution < 1.29 is 27.4 Å². The number of hydrogen-bond donors (Lipinski definition) is 3. The fraction of sp³-hybridized carbons (Fsp3) is 0.323. The normalized spacial score (nSPS) is 17.5. The van der Waals surface area contributed by atoms with Gasteiger partial charge in [0.25, 0.3) is 6.43 Å². The maximum Gasteiger partial charge on any atom is 0.265 e. The topological polar surface area (TPSA) is 140 Å². The van der Waals surface area contributed by atoms with Crippen LogP contribution in [0.15, 0.2) is 61.3 Å². The Morgan fingerprint density at radius 3 is 2.65 bits per heavy atom. The van der Waals surface area contributed by atoms with Gasteiger partial charge in [-0.2, -0.15) is 0 Å². The van der Waals surface area contributed by atoms with Crippen LogP contribution in [0, 0.1) is 11.6 Å². The first-order valence-corrected chi connectivity index (χ1v) is 14.5. The fourth-order valence-corrected chi connectivity index (χ4v) is 5.85. The van der Waals surface area contributed by atoms with E-state index in [9.17, 15) is 18.3 Å². The van der Waals surface area contributed by atoms with Crippen molar-refractivity contribution in [3.8, 4) is 17.0 Å². The molecule has 5 aromatic rings. The number of aromatic nitrogens is 6. The van der Waals surface area contributed by atoms with Crippen molar-refractivity contribution in [2.75, 3.05) is 30.8 Å². The number of rotatable bonds is 10. The maximum absolute atomic E-state index is 15.1. The zero-order valence-electron chi connectivity index (χ0n) is 24.7. The fourth-order valence-electron chi connectivity index (χ4n) is 5.85. The van der Waals surface area contributed by atoms with Gasteiger partial charge in [-0.05, 0) is 24.5 Å². The van der Waals surface area contributed by atoms with Gasteiger partial charge in [0.1, 0.15) is 29.5 Å². The van der Waals surface area contributed by atoms with Gasteiger partial charge in [0.05, 0.1) is 37.4 Å². The molecule has 0 unspecified atom stereocenters. The van der Waals surface area contributed by atoms with Crippen LogP contribution in [0.1, 0.15) is 24.1 Å². The number of anilines is 2.